The highest BCUT2D eigenvalue weighted by Gasteiger charge is 2.32. The Hall–Kier alpha value is -0.310. The van der Waals surface area contributed by atoms with Crippen molar-refractivity contribution in [3.63, 3.8) is 0 Å². The summed E-state index contributed by atoms with van der Waals surface area (Å²) in [5.74, 6) is -0.656. The van der Waals surface area contributed by atoms with Crippen LogP contribution in [0.15, 0.2) is 18.2 Å². The number of alkyl halides is 4. The van der Waals surface area contributed by atoms with Gasteiger partial charge >= 0.3 is 6.36 Å². The molecule has 0 atom stereocenters. The van der Waals surface area contributed by atoms with Crippen LogP contribution in [0.3, 0.4) is 0 Å². The molecule has 7 heteroatoms. The molecule has 1 aromatic carbocycles. The topological polar surface area (TPSA) is 26.3 Å². The van der Waals surface area contributed by atoms with E-state index in [1.807, 2.05) is 0 Å². The quantitative estimate of drug-likeness (QED) is 0.432. The van der Waals surface area contributed by atoms with Crippen LogP contribution >= 0.6 is 38.5 Å². The average Bonchev–Trinajstić information content (AvgIpc) is 2.18. The maximum atomic E-state index is 12.0. The number of halogens is 5. The number of hydrogen-bond donors (Lipinski definition) is 0. The van der Waals surface area contributed by atoms with Crippen molar-refractivity contribution in [1.29, 1.82) is 0 Å². The summed E-state index contributed by atoms with van der Waals surface area (Å²) in [7, 11) is 0. The van der Waals surface area contributed by atoms with E-state index >= 15 is 0 Å². The summed E-state index contributed by atoms with van der Waals surface area (Å²) in [6.45, 7) is 0. The smallest absolute Gasteiger partial charge is 0.405 e. The van der Waals surface area contributed by atoms with Gasteiger partial charge in [0, 0.05) is 5.56 Å². The van der Waals surface area contributed by atoms with Crippen LogP contribution in [0, 0.1) is 3.57 Å². The van der Waals surface area contributed by atoms with Crippen LogP contribution in [0.2, 0.25) is 0 Å². The van der Waals surface area contributed by atoms with Crippen molar-refractivity contribution in [2.24, 2.45) is 0 Å². The molecular formula is C9H5BrF3IO2. The van der Waals surface area contributed by atoms with Gasteiger partial charge in [-0.1, -0.05) is 28.1 Å². The number of carbonyl (C=O) groups excluding carboxylic acids is 1. The fourth-order valence-corrected chi connectivity index (χ4v) is 2.07. The van der Waals surface area contributed by atoms with E-state index < -0.39 is 6.36 Å². The summed E-state index contributed by atoms with van der Waals surface area (Å²) in [5, 5.41) is 0.0540. The van der Waals surface area contributed by atoms with Crippen molar-refractivity contribution in [3.05, 3.63) is 27.3 Å². The minimum absolute atomic E-state index is 0.0540. The SMILES string of the molecule is O=C(CBr)c1cccc(OC(F)(F)F)c1I. The number of hydrogen-bond acceptors (Lipinski definition) is 2. The van der Waals surface area contributed by atoms with Gasteiger partial charge in [-0.15, -0.1) is 13.2 Å². The molecule has 0 aliphatic rings. The van der Waals surface area contributed by atoms with E-state index in [0.29, 0.717) is 0 Å². The zero-order chi connectivity index (χ0) is 12.3. The molecule has 0 bridgehead atoms. The first-order valence-electron chi connectivity index (χ1n) is 3.98. The number of benzene rings is 1. The molecule has 1 aromatic rings. The van der Waals surface area contributed by atoms with Gasteiger partial charge < -0.3 is 4.74 Å². The number of ether oxygens (including phenoxy) is 1. The first-order valence-corrected chi connectivity index (χ1v) is 6.18. The van der Waals surface area contributed by atoms with Gasteiger partial charge in [-0.25, -0.2) is 0 Å². The molecule has 0 amide bonds. The molecule has 0 radical (unpaired) electrons. The number of Topliss-reactive ketones (excluding diaryl/α,β-unsaturated/α-hetero) is 1. The molecule has 1 rings (SSSR count). The fourth-order valence-electron chi connectivity index (χ4n) is 1.00. The second-order valence-corrected chi connectivity index (χ2v) is 4.36. The Bertz CT molecular complexity index is 406. The Balaban J connectivity index is 3.09. The van der Waals surface area contributed by atoms with Crippen LogP contribution in [0.25, 0.3) is 0 Å². The minimum Gasteiger partial charge on any atom is -0.405 e. The van der Waals surface area contributed by atoms with Crippen LogP contribution in [-0.2, 0) is 0 Å². The minimum atomic E-state index is -4.75. The molecule has 0 heterocycles. The normalized spacial score (nSPS) is 11.3. The first-order chi connectivity index (χ1) is 7.35. The van der Waals surface area contributed by atoms with Crippen molar-refractivity contribution in [2.75, 3.05) is 5.33 Å². The maximum absolute atomic E-state index is 12.0. The van der Waals surface area contributed by atoms with Crippen LogP contribution in [0.1, 0.15) is 10.4 Å². The molecule has 0 unspecified atom stereocenters. The Kier molecular flexibility index (Phi) is 4.60. The monoisotopic (exact) mass is 408 g/mol. The van der Waals surface area contributed by atoms with E-state index in [9.17, 15) is 18.0 Å². The van der Waals surface area contributed by atoms with Crippen molar-refractivity contribution in [1.82, 2.24) is 0 Å². The highest BCUT2D eigenvalue weighted by Crippen LogP contribution is 2.30. The van der Waals surface area contributed by atoms with Gasteiger partial charge in [0.15, 0.2) is 5.78 Å². The molecular weight excluding hydrogens is 404 g/mol. The average molecular weight is 409 g/mol. The fraction of sp³-hybridized carbons (Fsp3) is 0.222. The highest BCUT2D eigenvalue weighted by molar-refractivity contribution is 14.1. The van der Waals surface area contributed by atoms with Gasteiger partial charge in [-0.2, -0.15) is 0 Å². The first kappa shape index (κ1) is 13.8. The largest absolute Gasteiger partial charge is 0.573 e. The summed E-state index contributed by atoms with van der Waals surface area (Å²) in [6, 6.07) is 3.97. The summed E-state index contributed by atoms with van der Waals surface area (Å²) < 4.78 is 40.0. The Morgan fingerprint density at radius 3 is 2.56 bits per heavy atom. The zero-order valence-electron chi connectivity index (χ0n) is 7.65. The molecule has 16 heavy (non-hydrogen) atoms. The van der Waals surface area contributed by atoms with Gasteiger partial charge in [0.05, 0.1) is 8.90 Å². The van der Waals surface area contributed by atoms with Crippen molar-refractivity contribution in [3.8, 4) is 5.75 Å². The predicted molar refractivity (Wildman–Crippen MR) is 64.0 cm³/mol. The second kappa shape index (κ2) is 5.35. The summed E-state index contributed by atoms with van der Waals surface area (Å²) in [6.07, 6.45) is -4.75. The molecule has 88 valence electrons. The maximum Gasteiger partial charge on any atom is 0.573 e. The lowest BCUT2D eigenvalue weighted by Crippen LogP contribution is -2.18. The van der Waals surface area contributed by atoms with E-state index in [-0.39, 0.29) is 26.0 Å². The third-order valence-corrected chi connectivity index (χ3v) is 3.23. The van der Waals surface area contributed by atoms with Gasteiger partial charge in [-0.3, -0.25) is 4.79 Å². The van der Waals surface area contributed by atoms with Gasteiger partial charge in [0.25, 0.3) is 0 Å². The van der Waals surface area contributed by atoms with Gasteiger partial charge in [-0.05, 0) is 28.7 Å². The van der Waals surface area contributed by atoms with E-state index in [1.165, 1.54) is 18.2 Å². The molecule has 0 spiro atoms. The van der Waals surface area contributed by atoms with Gasteiger partial charge in [0.1, 0.15) is 5.75 Å². The molecule has 0 fully saturated rings. The highest BCUT2D eigenvalue weighted by atomic mass is 127. The van der Waals surface area contributed by atoms with E-state index in [1.54, 1.807) is 22.6 Å². The standard InChI is InChI=1S/C9H5BrF3IO2/c10-4-6(15)5-2-1-3-7(8(5)14)16-9(11,12)13/h1-3H,4H2. The lowest BCUT2D eigenvalue weighted by Gasteiger charge is -2.12. The number of rotatable bonds is 3. The van der Waals surface area contributed by atoms with E-state index in [0.717, 1.165) is 0 Å². The van der Waals surface area contributed by atoms with Crippen molar-refractivity contribution >= 4 is 44.3 Å². The van der Waals surface area contributed by atoms with Crippen molar-refractivity contribution < 1.29 is 22.7 Å². The summed E-state index contributed by atoms with van der Waals surface area (Å²) >= 11 is 4.61. The lowest BCUT2D eigenvalue weighted by molar-refractivity contribution is -0.274. The second-order valence-electron chi connectivity index (χ2n) is 2.72. The molecule has 0 aromatic heterocycles. The van der Waals surface area contributed by atoms with E-state index in [2.05, 4.69) is 20.7 Å². The third kappa shape index (κ3) is 3.62. The van der Waals surface area contributed by atoms with Crippen LogP contribution in [0.5, 0.6) is 5.75 Å². The van der Waals surface area contributed by atoms with Crippen LogP contribution in [0.4, 0.5) is 13.2 Å². The summed E-state index contributed by atoms with van der Waals surface area (Å²) in [5.41, 5.74) is 0.208. The Morgan fingerprint density at radius 2 is 2.06 bits per heavy atom. The molecule has 0 N–H and O–H groups in total. The van der Waals surface area contributed by atoms with Crippen molar-refractivity contribution in [2.45, 2.75) is 6.36 Å². The number of ketones is 1. The molecule has 2 nitrogen and oxygen atoms in total. The molecule has 0 saturated heterocycles. The summed E-state index contributed by atoms with van der Waals surface area (Å²) in [4.78, 5) is 11.4. The molecule has 0 saturated carbocycles. The van der Waals surface area contributed by atoms with Gasteiger partial charge in [0.2, 0.25) is 0 Å². The number of carbonyl (C=O) groups is 1. The Morgan fingerprint density at radius 1 is 1.44 bits per heavy atom. The predicted octanol–water partition coefficient (Wildman–Crippen LogP) is 3.77. The Labute approximate surface area is 111 Å². The zero-order valence-corrected chi connectivity index (χ0v) is 11.4. The van der Waals surface area contributed by atoms with Crippen LogP contribution < -0.4 is 4.74 Å². The lowest BCUT2D eigenvalue weighted by atomic mass is 10.1. The van der Waals surface area contributed by atoms with E-state index in [4.69, 9.17) is 0 Å². The molecule has 0 aliphatic carbocycles. The van der Waals surface area contributed by atoms with Crippen LogP contribution in [-0.4, -0.2) is 17.5 Å². The third-order valence-electron chi connectivity index (χ3n) is 1.61. The molecule has 0 aliphatic heterocycles.